The summed E-state index contributed by atoms with van der Waals surface area (Å²) in [6.45, 7) is 0. The number of benzene rings is 1. The number of nitrogens with two attached hydrogens (primary N) is 1. The van der Waals surface area contributed by atoms with Crippen LogP contribution in [-0.4, -0.2) is 19.4 Å². The van der Waals surface area contributed by atoms with Crippen molar-refractivity contribution in [3.63, 3.8) is 0 Å². The minimum atomic E-state index is -0.409. The normalized spacial score (nSPS) is 12.2. The van der Waals surface area contributed by atoms with Gasteiger partial charge in [0, 0.05) is 0 Å². The van der Waals surface area contributed by atoms with Crippen molar-refractivity contribution in [1.82, 2.24) is 0 Å². The largest absolute Gasteiger partial charge is 0.497 e. The van der Waals surface area contributed by atoms with Crippen molar-refractivity contribution in [3.05, 3.63) is 29.8 Å². The monoisotopic (exact) mass is 179 g/mol. The van der Waals surface area contributed by atoms with E-state index in [9.17, 15) is 4.79 Å². The van der Waals surface area contributed by atoms with Crippen LogP contribution in [-0.2, 0) is 11.2 Å². The van der Waals surface area contributed by atoms with Gasteiger partial charge in [-0.2, -0.15) is 0 Å². The summed E-state index contributed by atoms with van der Waals surface area (Å²) in [5.74, 6) is 0.809. The lowest BCUT2D eigenvalue weighted by Gasteiger charge is -2.04. The van der Waals surface area contributed by atoms with Crippen LogP contribution < -0.4 is 10.5 Å². The zero-order valence-electron chi connectivity index (χ0n) is 7.57. The number of hydrogen-bond donors (Lipinski definition) is 1. The molecule has 0 heterocycles. The molecule has 2 N–H and O–H groups in total. The van der Waals surface area contributed by atoms with Gasteiger partial charge in [0.25, 0.3) is 0 Å². The van der Waals surface area contributed by atoms with E-state index in [0.29, 0.717) is 6.42 Å². The molecule has 0 aliphatic carbocycles. The lowest BCUT2D eigenvalue weighted by atomic mass is 10.1. The Hall–Kier alpha value is -1.35. The molecule has 0 aromatic heterocycles. The van der Waals surface area contributed by atoms with Gasteiger partial charge in [-0.3, -0.25) is 0 Å². The maximum atomic E-state index is 10.3. The second kappa shape index (κ2) is 4.62. The molecule has 1 aromatic rings. The Balaban J connectivity index is 2.63. The molecule has 3 heteroatoms. The average molecular weight is 179 g/mol. The number of hydrogen-bond acceptors (Lipinski definition) is 3. The van der Waals surface area contributed by atoms with Crippen molar-refractivity contribution in [2.24, 2.45) is 5.73 Å². The second-order valence-corrected chi connectivity index (χ2v) is 2.85. The molecule has 70 valence electrons. The molecule has 13 heavy (non-hydrogen) atoms. The number of rotatable bonds is 4. The number of methoxy groups -OCH3 is 1. The second-order valence-electron chi connectivity index (χ2n) is 2.85. The molecule has 1 atom stereocenters. The van der Waals surface area contributed by atoms with Crippen molar-refractivity contribution >= 4 is 6.29 Å². The molecule has 0 fully saturated rings. The summed E-state index contributed by atoms with van der Waals surface area (Å²) in [6.07, 6.45) is 1.33. The molecule has 0 amide bonds. The number of aldehydes is 1. The Labute approximate surface area is 77.5 Å². The lowest BCUT2D eigenvalue weighted by molar-refractivity contribution is -0.108. The van der Waals surface area contributed by atoms with E-state index in [1.165, 1.54) is 0 Å². The highest BCUT2D eigenvalue weighted by Crippen LogP contribution is 2.11. The van der Waals surface area contributed by atoms with E-state index in [4.69, 9.17) is 10.5 Å². The summed E-state index contributed by atoms with van der Waals surface area (Å²) < 4.78 is 5.00. The molecule has 1 aromatic carbocycles. The van der Waals surface area contributed by atoms with Gasteiger partial charge in [-0.25, -0.2) is 0 Å². The average Bonchev–Trinajstić information content (AvgIpc) is 2.19. The summed E-state index contributed by atoms with van der Waals surface area (Å²) in [7, 11) is 1.62. The molecule has 0 radical (unpaired) electrons. The topological polar surface area (TPSA) is 52.3 Å². The summed E-state index contributed by atoms with van der Waals surface area (Å²) in [4.78, 5) is 10.3. The summed E-state index contributed by atoms with van der Waals surface area (Å²) in [6, 6.07) is 7.11. The summed E-state index contributed by atoms with van der Waals surface area (Å²) in [5.41, 5.74) is 6.52. The maximum Gasteiger partial charge on any atom is 0.137 e. The van der Waals surface area contributed by atoms with Gasteiger partial charge in [0.1, 0.15) is 12.0 Å². The van der Waals surface area contributed by atoms with Crippen LogP contribution in [0.3, 0.4) is 0 Å². The minimum absolute atomic E-state index is 0.409. The highest BCUT2D eigenvalue weighted by molar-refractivity contribution is 5.57. The Bertz CT molecular complexity index is 269. The molecular weight excluding hydrogens is 166 g/mol. The minimum Gasteiger partial charge on any atom is -0.497 e. The predicted molar refractivity (Wildman–Crippen MR) is 50.7 cm³/mol. The molecule has 0 aliphatic heterocycles. The Morgan fingerprint density at radius 3 is 2.54 bits per heavy atom. The molecule has 0 bridgehead atoms. The maximum absolute atomic E-state index is 10.3. The fraction of sp³-hybridized carbons (Fsp3) is 0.300. The Morgan fingerprint density at radius 2 is 2.08 bits per heavy atom. The molecule has 1 unspecified atom stereocenters. The van der Waals surface area contributed by atoms with E-state index in [2.05, 4.69) is 0 Å². The van der Waals surface area contributed by atoms with E-state index >= 15 is 0 Å². The van der Waals surface area contributed by atoms with Crippen LogP contribution >= 0.6 is 0 Å². The van der Waals surface area contributed by atoms with Crippen molar-refractivity contribution in [2.45, 2.75) is 12.5 Å². The van der Waals surface area contributed by atoms with Crippen molar-refractivity contribution < 1.29 is 9.53 Å². The van der Waals surface area contributed by atoms with Crippen LogP contribution in [0.15, 0.2) is 24.3 Å². The quantitative estimate of drug-likeness (QED) is 0.694. The summed E-state index contributed by atoms with van der Waals surface area (Å²) >= 11 is 0. The van der Waals surface area contributed by atoms with E-state index in [-0.39, 0.29) is 0 Å². The van der Waals surface area contributed by atoms with Gasteiger partial charge in [0.15, 0.2) is 0 Å². The summed E-state index contributed by atoms with van der Waals surface area (Å²) in [5, 5.41) is 0. The van der Waals surface area contributed by atoms with Crippen LogP contribution in [0.25, 0.3) is 0 Å². The van der Waals surface area contributed by atoms with E-state index in [0.717, 1.165) is 17.6 Å². The third-order valence-corrected chi connectivity index (χ3v) is 1.81. The number of ether oxygens (including phenoxy) is 1. The number of carbonyl (C=O) groups is 1. The SMILES string of the molecule is COc1ccc(CC(N)C=O)cc1. The zero-order valence-corrected chi connectivity index (χ0v) is 7.57. The standard InChI is InChI=1S/C10H13NO2/c1-13-10-4-2-8(3-5-10)6-9(11)7-12/h2-5,7,9H,6,11H2,1H3. The molecule has 0 saturated heterocycles. The molecule has 0 spiro atoms. The van der Waals surface area contributed by atoms with Crippen LogP contribution in [0, 0.1) is 0 Å². The third kappa shape index (κ3) is 2.87. The first-order chi connectivity index (χ1) is 6.26. The van der Waals surface area contributed by atoms with Crippen LogP contribution in [0.1, 0.15) is 5.56 Å². The Morgan fingerprint density at radius 1 is 1.46 bits per heavy atom. The predicted octanol–water partition coefficient (Wildman–Crippen LogP) is 0.764. The number of carbonyl (C=O) groups excluding carboxylic acids is 1. The van der Waals surface area contributed by atoms with Crippen molar-refractivity contribution in [1.29, 1.82) is 0 Å². The first kappa shape index (κ1) is 9.74. The smallest absolute Gasteiger partial charge is 0.137 e. The molecule has 0 aliphatic rings. The van der Waals surface area contributed by atoms with Gasteiger partial charge >= 0.3 is 0 Å². The van der Waals surface area contributed by atoms with Gasteiger partial charge in [-0.1, -0.05) is 12.1 Å². The van der Waals surface area contributed by atoms with E-state index < -0.39 is 6.04 Å². The van der Waals surface area contributed by atoms with Crippen LogP contribution in [0.2, 0.25) is 0 Å². The molecule has 0 saturated carbocycles. The van der Waals surface area contributed by atoms with Gasteiger partial charge in [-0.05, 0) is 24.1 Å². The highest BCUT2D eigenvalue weighted by Gasteiger charge is 2.01. The lowest BCUT2D eigenvalue weighted by Crippen LogP contribution is -2.23. The highest BCUT2D eigenvalue weighted by atomic mass is 16.5. The fourth-order valence-electron chi connectivity index (χ4n) is 1.08. The van der Waals surface area contributed by atoms with Gasteiger partial charge in [-0.15, -0.1) is 0 Å². The molecular formula is C10H13NO2. The van der Waals surface area contributed by atoms with Crippen molar-refractivity contribution in [2.75, 3.05) is 7.11 Å². The van der Waals surface area contributed by atoms with Gasteiger partial charge in [0.2, 0.25) is 0 Å². The van der Waals surface area contributed by atoms with E-state index in [1.807, 2.05) is 24.3 Å². The molecule has 1 rings (SSSR count). The van der Waals surface area contributed by atoms with E-state index in [1.54, 1.807) is 7.11 Å². The van der Waals surface area contributed by atoms with Crippen LogP contribution in [0.5, 0.6) is 5.75 Å². The van der Waals surface area contributed by atoms with Crippen molar-refractivity contribution in [3.8, 4) is 5.75 Å². The first-order valence-corrected chi connectivity index (χ1v) is 4.10. The van der Waals surface area contributed by atoms with Gasteiger partial charge in [0.05, 0.1) is 13.2 Å². The third-order valence-electron chi connectivity index (χ3n) is 1.81. The van der Waals surface area contributed by atoms with Gasteiger partial charge < -0.3 is 15.3 Å². The fourth-order valence-corrected chi connectivity index (χ4v) is 1.08. The Kier molecular flexibility index (Phi) is 3.46. The zero-order chi connectivity index (χ0) is 9.68. The molecule has 3 nitrogen and oxygen atoms in total. The van der Waals surface area contributed by atoms with Crippen LogP contribution in [0.4, 0.5) is 0 Å². The first-order valence-electron chi connectivity index (χ1n) is 4.10.